The second-order valence-corrected chi connectivity index (χ2v) is 13.7. The van der Waals surface area contributed by atoms with Gasteiger partial charge < -0.3 is 9.16 Å². The monoisotopic (exact) mass is 401 g/mol. The molecule has 0 aliphatic carbocycles. The third-order valence-electron chi connectivity index (χ3n) is 5.58. The van der Waals surface area contributed by atoms with Gasteiger partial charge in [0.2, 0.25) is 0 Å². The number of nitrogens with zero attached hydrogens (tertiary/aromatic N) is 1. The molecule has 4 nitrogen and oxygen atoms in total. The van der Waals surface area contributed by atoms with Gasteiger partial charge in [-0.1, -0.05) is 71.9 Å². The number of amides is 1. The standard InChI is InChI=1S/C23H35NO3Si/c1-18(2)28(19(3)4,20(5)6)27-22-13-10-15-24(16-14-22)23(25)26-17-21-11-8-7-9-12-21/h7-9,11-14,16,18-20H,10,15,17H2,1-6H3. The van der Waals surface area contributed by atoms with Crippen LogP contribution in [0.1, 0.15) is 53.5 Å². The smallest absolute Gasteiger partial charge is 0.414 e. The molecule has 1 aromatic rings. The molecule has 0 aromatic heterocycles. The molecule has 5 heteroatoms. The van der Waals surface area contributed by atoms with E-state index < -0.39 is 8.32 Å². The number of carbonyl (C=O) groups excluding carboxylic acids is 1. The Morgan fingerprint density at radius 3 is 2.21 bits per heavy atom. The zero-order valence-electron chi connectivity index (χ0n) is 18.1. The van der Waals surface area contributed by atoms with E-state index in [1.807, 2.05) is 36.4 Å². The summed E-state index contributed by atoms with van der Waals surface area (Å²) in [5, 5.41) is 0. The highest BCUT2D eigenvalue weighted by Crippen LogP contribution is 2.43. The van der Waals surface area contributed by atoms with Crippen LogP contribution in [0.15, 0.2) is 54.4 Å². The zero-order chi connectivity index (χ0) is 20.7. The predicted octanol–water partition coefficient (Wildman–Crippen LogP) is 6.62. The molecule has 1 aromatic carbocycles. The molecule has 0 saturated carbocycles. The average molecular weight is 402 g/mol. The van der Waals surface area contributed by atoms with E-state index in [4.69, 9.17) is 9.16 Å². The molecule has 28 heavy (non-hydrogen) atoms. The minimum absolute atomic E-state index is 0.283. The molecule has 0 N–H and O–H groups in total. The zero-order valence-corrected chi connectivity index (χ0v) is 19.1. The number of ether oxygens (including phenoxy) is 1. The van der Waals surface area contributed by atoms with Crippen LogP contribution in [0.5, 0.6) is 0 Å². The molecule has 2 rings (SSSR count). The van der Waals surface area contributed by atoms with Gasteiger partial charge in [-0.3, -0.25) is 4.90 Å². The maximum absolute atomic E-state index is 12.4. The molecule has 0 radical (unpaired) electrons. The van der Waals surface area contributed by atoms with Crippen molar-refractivity contribution in [2.24, 2.45) is 0 Å². The summed E-state index contributed by atoms with van der Waals surface area (Å²) in [6.45, 7) is 14.5. The van der Waals surface area contributed by atoms with Crippen molar-refractivity contribution in [3.8, 4) is 0 Å². The number of carbonyl (C=O) groups is 1. The van der Waals surface area contributed by atoms with Gasteiger partial charge in [-0.2, -0.15) is 0 Å². The first-order chi connectivity index (χ1) is 13.3. The van der Waals surface area contributed by atoms with Crippen molar-refractivity contribution in [3.05, 3.63) is 60.0 Å². The first kappa shape index (κ1) is 22.3. The third kappa shape index (κ3) is 5.28. The summed E-state index contributed by atoms with van der Waals surface area (Å²) < 4.78 is 12.2. The highest BCUT2D eigenvalue weighted by atomic mass is 28.4. The summed E-state index contributed by atoms with van der Waals surface area (Å²) in [6.07, 6.45) is 6.25. The minimum atomic E-state index is -2.00. The van der Waals surface area contributed by atoms with E-state index in [0.29, 0.717) is 23.2 Å². The molecular formula is C23H35NO3Si. The van der Waals surface area contributed by atoms with Crippen LogP contribution in [0.25, 0.3) is 0 Å². The van der Waals surface area contributed by atoms with Gasteiger partial charge in [0.1, 0.15) is 12.4 Å². The van der Waals surface area contributed by atoms with Gasteiger partial charge in [0.05, 0.1) is 0 Å². The van der Waals surface area contributed by atoms with E-state index in [1.165, 1.54) is 0 Å². The Morgan fingerprint density at radius 1 is 1.04 bits per heavy atom. The quantitative estimate of drug-likeness (QED) is 0.482. The first-order valence-corrected chi connectivity index (χ1v) is 12.5. The van der Waals surface area contributed by atoms with Gasteiger partial charge >= 0.3 is 6.09 Å². The molecule has 1 amide bonds. The van der Waals surface area contributed by atoms with E-state index in [9.17, 15) is 4.79 Å². The largest absolute Gasteiger partial charge is 0.543 e. The maximum Gasteiger partial charge on any atom is 0.414 e. The SMILES string of the molecule is CC(C)[Si](OC1=CCCN(C(=O)OCc2ccccc2)C=C1)(C(C)C)C(C)C. The molecule has 0 spiro atoms. The summed E-state index contributed by atoms with van der Waals surface area (Å²) in [6, 6.07) is 9.73. The average Bonchev–Trinajstić information content (AvgIpc) is 2.89. The molecule has 154 valence electrons. The fourth-order valence-electron chi connectivity index (χ4n) is 4.24. The van der Waals surface area contributed by atoms with Crippen molar-refractivity contribution in [3.63, 3.8) is 0 Å². The second kappa shape index (κ2) is 9.96. The van der Waals surface area contributed by atoms with Gasteiger partial charge in [-0.05, 0) is 40.8 Å². The van der Waals surface area contributed by atoms with Crippen molar-refractivity contribution in [2.75, 3.05) is 6.54 Å². The van der Waals surface area contributed by atoms with Crippen molar-refractivity contribution in [2.45, 2.75) is 71.2 Å². The topological polar surface area (TPSA) is 38.8 Å². The predicted molar refractivity (Wildman–Crippen MR) is 117 cm³/mol. The van der Waals surface area contributed by atoms with Crippen LogP contribution in [0.3, 0.4) is 0 Å². The van der Waals surface area contributed by atoms with E-state index >= 15 is 0 Å². The molecule has 1 heterocycles. The summed E-state index contributed by atoms with van der Waals surface area (Å²) in [4.78, 5) is 14.1. The minimum Gasteiger partial charge on any atom is -0.543 e. The van der Waals surface area contributed by atoms with E-state index in [2.05, 4.69) is 47.6 Å². The molecular weight excluding hydrogens is 366 g/mol. The van der Waals surface area contributed by atoms with Crippen molar-refractivity contribution in [1.29, 1.82) is 0 Å². The van der Waals surface area contributed by atoms with E-state index in [-0.39, 0.29) is 12.7 Å². The second-order valence-electron chi connectivity index (χ2n) is 8.36. The van der Waals surface area contributed by atoms with Crippen molar-refractivity contribution < 1.29 is 14.0 Å². The number of hydrogen-bond donors (Lipinski definition) is 0. The lowest BCUT2D eigenvalue weighted by Gasteiger charge is -2.42. The summed E-state index contributed by atoms with van der Waals surface area (Å²) in [5.74, 6) is 0.890. The Morgan fingerprint density at radius 2 is 1.64 bits per heavy atom. The lowest BCUT2D eigenvalue weighted by atomic mass is 10.2. The van der Waals surface area contributed by atoms with Crippen LogP contribution in [0.4, 0.5) is 4.79 Å². The van der Waals surface area contributed by atoms with Crippen molar-refractivity contribution >= 4 is 14.4 Å². The van der Waals surface area contributed by atoms with Gasteiger partial charge in [-0.15, -0.1) is 0 Å². The third-order valence-corrected chi connectivity index (χ3v) is 11.6. The van der Waals surface area contributed by atoms with Crippen LogP contribution in [-0.4, -0.2) is 25.9 Å². The Bertz CT molecular complexity index is 673. The molecule has 1 aliphatic heterocycles. The lowest BCUT2D eigenvalue weighted by molar-refractivity contribution is 0.111. The molecule has 0 bridgehead atoms. The van der Waals surface area contributed by atoms with Gasteiger partial charge in [0, 0.05) is 12.7 Å². The molecule has 0 unspecified atom stereocenters. The lowest BCUT2D eigenvalue weighted by Crippen LogP contribution is -2.47. The van der Waals surface area contributed by atoms with Crippen LogP contribution >= 0.6 is 0 Å². The van der Waals surface area contributed by atoms with Gasteiger partial charge in [-0.25, -0.2) is 4.79 Å². The Balaban J connectivity index is 2.04. The van der Waals surface area contributed by atoms with Gasteiger partial charge in [0.25, 0.3) is 8.32 Å². The summed E-state index contributed by atoms with van der Waals surface area (Å²) in [5.41, 5.74) is 2.52. The summed E-state index contributed by atoms with van der Waals surface area (Å²) in [7, 11) is -2.00. The van der Waals surface area contributed by atoms with Crippen LogP contribution in [0, 0.1) is 0 Å². The van der Waals surface area contributed by atoms with Crippen LogP contribution in [-0.2, 0) is 15.8 Å². The highest BCUT2D eigenvalue weighted by Gasteiger charge is 2.47. The van der Waals surface area contributed by atoms with E-state index in [1.54, 1.807) is 11.1 Å². The van der Waals surface area contributed by atoms with Crippen LogP contribution < -0.4 is 0 Å². The normalized spacial score (nSPS) is 15.0. The fraction of sp³-hybridized carbons (Fsp3) is 0.522. The number of hydrogen-bond acceptors (Lipinski definition) is 3. The fourth-order valence-corrected chi connectivity index (χ4v) is 9.51. The molecule has 0 fully saturated rings. The summed E-state index contributed by atoms with van der Waals surface area (Å²) >= 11 is 0. The number of benzene rings is 1. The molecule has 0 saturated heterocycles. The van der Waals surface area contributed by atoms with E-state index in [0.717, 1.165) is 17.7 Å². The number of allylic oxidation sites excluding steroid dienone is 1. The highest BCUT2D eigenvalue weighted by molar-refractivity contribution is 6.77. The van der Waals surface area contributed by atoms with Crippen molar-refractivity contribution in [1.82, 2.24) is 4.90 Å². The first-order valence-electron chi connectivity index (χ1n) is 10.3. The maximum atomic E-state index is 12.4. The van der Waals surface area contributed by atoms with Gasteiger partial charge in [0.15, 0.2) is 0 Å². The Hall–Kier alpha value is -2.01. The number of rotatable bonds is 7. The molecule has 0 atom stereocenters. The van der Waals surface area contributed by atoms with Crippen LogP contribution in [0.2, 0.25) is 16.6 Å². The Kier molecular flexibility index (Phi) is 7.93. The molecule has 1 aliphatic rings. The Labute approximate surface area is 171 Å².